The molecule has 0 aliphatic carbocycles. The molecule has 0 aliphatic rings. The molecule has 1 unspecified atom stereocenters. The first kappa shape index (κ1) is 9.92. The fraction of sp³-hybridized carbons (Fsp3) is 0.857. The Balaban J connectivity index is 3.85. The van der Waals surface area contributed by atoms with Gasteiger partial charge in [-0.15, -0.1) is 11.6 Å². The van der Waals surface area contributed by atoms with E-state index in [9.17, 15) is 4.79 Å². The molecule has 0 amide bonds. The monoisotopic (exact) mass is 163 g/mol. The Morgan fingerprint density at radius 1 is 1.60 bits per heavy atom. The van der Waals surface area contributed by atoms with Gasteiger partial charge in [0.15, 0.2) is 0 Å². The third-order valence-electron chi connectivity index (χ3n) is 1.48. The third kappa shape index (κ3) is 3.18. The lowest BCUT2D eigenvalue weighted by Gasteiger charge is -2.19. The molecule has 0 spiro atoms. The molecule has 0 heterocycles. The number of nitrogens with zero attached hydrogens (tertiary/aromatic N) is 1. The molecular formula is C7H14ClNO. The van der Waals surface area contributed by atoms with E-state index in [1.54, 1.807) is 6.92 Å². The molecule has 0 fully saturated rings. The van der Waals surface area contributed by atoms with Crippen molar-refractivity contribution in [2.24, 2.45) is 0 Å². The van der Waals surface area contributed by atoms with Crippen LogP contribution in [0.4, 0.5) is 0 Å². The number of halogens is 1. The largest absolute Gasteiger partial charge is 0.300 e. The lowest BCUT2D eigenvalue weighted by Crippen LogP contribution is -2.34. The summed E-state index contributed by atoms with van der Waals surface area (Å²) in [5, 5.41) is 0. The van der Waals surface area contributed by atoms with E-state index in [4.69, 9.17) is 11.6 Å². The van der Waals surface area contributed by atoms with Gasteiger partial charge in [0.2, 0.25) is 0 Å². The van der Waals surface area contributed by atoms with E-state index in [1.165, 1.54) is 0 Å². The van der Waals surface area contributed by atoms with Gasteiger partial charge in [-0.05, 0) is 27.4 Å². The number of hydrogen-bond acceptors (Lipinski definition) is 2. The minimum atomic E-state index is -0.00231. The summed E-state index contributed by atoms with van der Waals surface area (Å²) in [6.45, 7) is 1.59. The molecule has 0 radical (unpaired) electrons. The zero-order chi connectivity index (χ0) is 8.15. The molecule has 0 rings (SSSR count). The number of rotatable bonds is 4. The Hall–Kier alpha value is -0.0800. The van der Waals surface area contributed by atoms with Gasteiger partial charge in [0.25, 0.3) is 0 Å². The molecule has 3 heteroatoms. The van der Waals surface area contributed by atoms with Crippen LogP contribution in [0.1, 0.15) is 13.3 Å². The van der Waals surface area contributed by atoms with Crippen molar-refractivity contribution in [3.63, 3.8) is 0 Å². The predicted molar refractivity (Wildman–Crippen MR) is 43.5 cm³/mol. The van der Waals surface area contributed by atoms with Crippen molar-refractivity contribution >= 4 is 17.4 Å². The van der Waals surface area contributed by atoms with Crippen molar-refractivity contribution < 1.29 is 4.79 Å². The van der Waals surface area contributed by atoms with Crippen LogP contribution in [-0.4, -0.2) is 36.7 Å². The van der Waals surface area contributed by atoms with E-state index in [0.717, 1.165) is 6.42 Å². The molecule has 0 N–H and O–H groups in total. The van der Waals surface area contributed by atoms with Crippen molar-refractivity contribution in [2.45, 2.75) is 19.4 Å². The van der Waals surface area contributed by atoms with Crippen LogP contribution in [0.15, 0.2) is 0 Å². The van der Waals surface area contributed by atoms with Crippen LogP contribution in [0.5, 0.6) is 0 Å². The fourth-order valence-corrected chi connectivity index (χ4v) is 1.14. The molecule has 0 bridgehead atoms. The quantitative estimate of drug-likeness (QED) is 0.580. The summed E-state index contributed by atoms with van der Waals surface area (Å²) < 4.78 is 0. The highest BCUT2D eigenvalue weighted by atomic mass is 35.5. The normalized spacial score (nSPS) is 13.7. The van der Waals surface area contributed by atoms with Gasteiger partial charge in [0.05, 0.1) is 6.04 Å². The minimum absolute atomic E-state index is 0.00231. The summed E-state index contributed by atoms with van der Waals surface area (Å²) in [5.41, 5.74) is 0. The number of ketones is 1. The van der Waals surface area contributed by atoms with Crippen LogP contribution in [0.2, 0.25) is 0 Å². The summed E-state index contributed by atoms with van der Waals surface area (Å²) in [5.74, 6) is 0.730. The first-order valence-electron chi connectivity index (χ1n) is 3.32. The second-order valence-corrected chi connectivity index (χ2v) is 2.95. The van der Waals surface area contributed by atoms with Gasteiger partial charge in [-0.2, -0.15) is 0 Å². The third-order valence-corrected chi connectivity index (χ3v) is 1.69. The van der Waals surface area contributed by atoms with E-state index in [-0.39, 0.29) is 11.8 Å². The molecule has 0 aromatic heterocycles. The maximum Gasteiger partial charge on any atom is 0.146 e. The Labute approximate surface area is 67.2 Å². The van der Waals surface area contributed by atoms with Crippen molar-refractivity contribution in [1.82, 2.24) is 4.90 Å². The van der Waals surface area contributed by atoms with Crippen molar-refractivity contribution in [2.75, 3.05) is 20.0 Å². The molecule has 60 valence electrons. The van der Waals surface area contributed by atoms with Gasteiger partial charge in [-0.3, -0.25) is 9.69 Å². The summed E-state index contributed by atoms with van der Waals surface area (Å²) in [6.07, 6.45) is 0.740. The van der Waals surface area contributed by atoms with E-state index < -0.39 is 0 Å². The smallest absolute Gasteiger partial charge is 0.146 e. The van der Waals surface area contributed by atoms with Crippen molar-refractivity contribution in [1.29, 1.82) is 0 Å². The molecule has 0 aromatic carbocycles. The van der Waals surface area contributed by atoms with Gasteiger partial charge in [-0.25, -0.2) is 0 Å². The summed E-state index contributed by atoms with van der Waals surface area (Å²) in [7, 11) is 3.78. The summed E-state index contributed by atoms with van der Waals surface area (Å²) in [6, 6.07) is -0.00231. The van der Waals surface area contributed by atoms with Crippen LogP contribution < -0.4 is 0 Å². The lowest BCUT2D eigenvalue weighted by molar-refractivity contribution is -0.121. The molecule has 0 saturated carbocycles. The van der Waals surface area contributed by atoms with E-state index >= 15 is 0 Å². The second-order valence-electron chi connectivity index (χ2n) is 2.57. The van der Waals surface area contributed by atoms with Crippen LogP contribution in [0.3, 0.4) is 0 Å². The standard InChI is InChI=1S/C7H14ClNO/c1-6(10)7(4-5-8)9(2)3/h7H,4-5H2,1-3H3. The number of carbonyl (C=O) groups is 1. The highest BCUT2D eigenvalue weighted by molar-refractivity contribution is 6.18. The number of hydrogen-bond donors (Lipinski definition) is 0. The molecule has 0 saturated heterocycles. The SMILES string of the molecule is CC(=O)C(CCCl)N(C)C. The number of Topliss-reactive ketones (excluding diaryl/α,β-unsaturated/α-hetero) is 1. The van der Waals surface area contributed by atoms with E-state index in [2.05, 4.69) is 0 Å². The predicted octanol–water partition coefficient (Wildman–Crippen LogP) is 1.13. The Morgan fingerprint density at radius 3 is 2.20 bits per heavy atom. The molecule has 0 aliphatic heterocycles. The molecule has 1 atom stereocenters. The number of alkyl halides is 1. The van der Waals surface area contributed by atoms with Gasteiger partial charge >= 0.3 is 0 Å². The first-order valence-corrected chi connectivity index (χ1v) is 3.86. The zero-order valence-corrected chi connectivity index (χ0v) is 7.48. The van der Waals surface area contributed by atoms with Gasteiger partial charge in [-0.1, -0.05) is 0 Å². The molecule has 0 aromatic rings. The summed E-state index contributed by atoms with van der Waals surface area (Å²) >= 11 is 5.51. The minimum Gasteiger partial charge on any atom is -0.300 e. The Bertz CT molecular complexity index is 114. The van der Waals surface area contributed by atoms with E-state index in [0.29, 0.717) is 5.88 Å². The van der Waals surface area contributed by atoms with Crippen LogP contribution >= 0.6 is 11.6 Å². The maximum absolute atomic E-state index is 10.9. The highest BCUT2D eigenvalue weighted by Gasteiger charge is 2.14. The highest BCUT2D eigenvalue weighted by Crippen LogP contribution is 2.01. The first-order chi connectivity index (χ1) is 4.59. The topological polar surface area (TPSA) is 20.3 Å². The van der Waals surface area contributed by atoms with Crippen LogP contribution in [-0.2, 0) is 4.79 Å². The number of carbonyl (C=O) groups excluding carboxylic acids is 1. The van der Waals surface area contributed by atoms with Crippen molar-refractivity contribution in [3.05, 3.63) is 0 Å². The summed E-state index contributed by atoms with van der Waals surface area (Å²) in [4.78, 5) is 12.8. The molecule has 2 nitrogen and oxygen atoms in total. The molecule has 10 heavy (non-hydrogen) atoms. The molecular weight excluding hydrogens is 150 g/mol. The Kier molecular flexibility index (Phi) is 4.65. The van der Waals surface area contributed by atoms with Gasteiger partial charge in [0, 0.05) is 5.88 Å². The van der Waals surface area contributed by atoms with Crippen LogP contribution in [0, 0.1) is 0 Å². The van der Waals surface area contributed by atoms with Gasteiger partial charge in [0.1, 0.15) is 5.78 Å². The van der Waals surface area contributed by atoms with Crippen LogP contribution in [0.25, 0.3) is 0 Å². The average Bonchev–Trinajstić information content (AvgIpc) is 1.81. The maximum atomic E-state index is 10.9. The average molecular weight is 164 g/mol. The lowest BCUT2D eigenvalue weighted by atomic mass is 10.1. The van der Waals surface area contributed by atoms with E-state index in [1.807, 2.05) is 19.0 Å². The van der Waals surface area contributed by atoms with Gasteiger partial charge < -0.3 is 0 Å². The number of likely N-dealkylation sites (N-methyl/N-ethyl adjacent to an activating group) is 1. The second kappa shape index (κ2) is 4.69. The Morgan fingerprint density at radius 2 is 2.10 bits per heavy atom. The zero-order valence-electron chi connectivity index (χ0n) is 6.72. The fourth-order valence-electron chi connectivity index (χ4n) is 0.928. The van der Waals surface area contributed by atoms with Crippen molar-refractivity contribution in [3.8, 4) is 0 Å².